The minimum absolute atomic E-state index is 0.0270. The van der Waals surface area contributed by atoms with Crippen molar-refractivity contribution in [2.75, 3.05) is 13.1 Å². The molecule has 0 bridgehead atoms. The maximum Gasteiger partial charge on any atom is 0.226 e. The first-order valence-corrected chi connectivity index (χ1v) is 9.17. The van der Waals surface area contributed by atoms with Gasteiger partial charge in [0, 0.05) is 48.9 Å². The number of pyridine rings is 1. The number of aryl methyl sites for hydroxylation is 1. The number of likely N-dealkylation sites (tertiary alicyclic amines) is 1. The topological polar surface area (TPSA) is 59.2 Å². The van der Waals surface area contributed by atoms with Gasteiger partial charge >= 0.3 is 0 Å². The molecule has 1 saturated heterocycles. The van der Waals surface area contributed by atoms with Crippen LogP contribution in [0.2, 0.25) is 0 Å². The number of aromatic nitrogens is 1. The molecule has 4 atom stereocenters. The highest BCUT2D eigenvalue weighted by molar-refractivity contribution is 5.85. The van der Waals surface area contributed by atoms with Crippen molar-refractivity contribution in [3.63, 3.8) is 0 Å². The Morgan fingerprint density at radius 3 is 2.92 bits per heavy atom. The van der Waals surface area contributed by atoms with Gasteiger partial charge in [-0.15, -0.1) is 0 Å². The maximum atomic E-state index is 14.5. The minimum Gasteiger partial charge on any atom is -0.341 e. The van der Waals surface area contributed by atoms with Crippen LogP contribution in [-0.4, -0.2) is 41.1 Å². The molecule has 4 unspecified atom stereocenters. The number of hydrogen-bond donors (Lipinski definition) is 1. The molecule has 1 aromatic rings. The Bertz CT molecular complexity index is 804. The van der Waals surface area contributed by atoms with E-state index in [-0.39, 0.29) is 35.8 Å². The van der Waals surface area contributed by atoms with Crippen molar-refractivity contribution in [3.8, 4) is 0 Å². The number of nitrogens with zero attached hydrogens (tertiary/aromatic N) is 2. The zero-order valence-corrected chi connectivity index (χ0v) is 14.8. The van der Waals surface area contributed by atoms with E-state index in [9.17, 15) is 13.6 Å². The second-order valence-electron chi connectivity index (χ2n) is 7.56. The monoisotopic (exact) mass is 359 g/mol. The number of rotatable bonds is 3. The predicted octanol–water partition coefficient (Wildman–Crippen LogP) is 3.03. The van der Waals surface area contributed by atoms with Gasteiger partial charge in [-0.2, -0.15) is 0 Å². The molecule has 3 aliphatic rings. The molecule has 1 saturated carbocycles. The summed E-state index contributed by atoms with van der Waals surface area (Å²) >= 11 is 0. The Hall–Kier alpha value is -2.08. The van der Waals surface area contributed by atoms with Crippen LogP contribution < -0.4 is 5.73 Å². The van der Waals surface area contributed by atoms with Crippen LogP contribution in [0.3, 0.4) is 0 Å². The van der Waals surface area contributed by atoms with Crippen LogP contribution in [0, 0.1) is 12.8 Å². The van der Waals surface area contributed by atoms with Crippen molar-refractivity contribution in [3.05, 3.63) is 47.1 Å². The SMILES string of the molecule is Cc1cc(C2=C(F)C=CCC2F)c(C2CC2C(=O)N2CCC(N)C2)cn1. The fourth-order valence-corrected chi connectivity index (χ4v) is 4.08. The molecule has 0 aromatic carbocycles. The van der Waals surface area contributed by atoms with Crippen molar-refractivity contribution in [1.29, 1.82) is 0 Å². The van der Waals surface area contributed by atoms with E-state index in [1.165, 1.54) is 12.2 Å². The van der Waals surface area contributed by atoms with Gasteiger partial charge < -0.3 is 10.6 Å². The summed E-state index contributed by atoms with van der Waals surface area (Å²) in [5, 5.41) is 0. The first-order valence-electron chi connectivity index (χ1n) is 9.17. The van der Waals surface area contributed by atoms with E-state index in [2.05, 4.69) is 4.98 Å². The van der Waals surface area contributed by atoms with Crippen molar-refractivity contribution in [2.45, 2.75) is 44.3 Å². The van der Waals surface area contributed by atoms with Crippen LogP contribution in [0.1, 0.15) is 42.0 Å². The summed E-state index contributed by atoms with van der Waals surface area (Å²) in [6.45, 7) is 3.09. The number of amides is 1. The summed E-state index contributed by atoms with van der Waals surface area (Å²) in [4.78, 5) is 18.8. The van der Waals surface area contributed by atoms with Crippen LogP contribution in [0.4, 0.5) is 8.78 Å². The molecule has 1 amide bonds. The first kappa shape index (κ1) is 17.3. The van der Waals surface area contributed by atoms with Crippen molar-refractivity contribution in [1.82, 2.24) is 9.88 Å². The van der Waals surface area contributed by atoms with Gasteiger partial charge in [0.05, 0.1) is 0 Å². The largest absolute Gasteiger partial charge is 0.341 e. The molecular weight excluding hydrogens is 336 g/mol. The maximum absolute atomic E-state index is 14.5. The van der Waals surface area contributed by atoms with Gasteiger partial charge in [0.15, 0.2) is 0 Å². The van der Waals surface area contributed by atoms with E-state index < -0.39 is 12.0 Å². The average molecular weight is 359 g/mol. The van der Waals surface area contributed by atoms with Crippen LogP contribution in [0.5, 0.6) is 0 Å². The Labute approximate surface area is 151 Å². The van der Waals surface area contributed by atoms with E-state index in [0.29, 0.717) is 30.8 Å². The summed E-state index contributed by atoms with van der Waals surface area (Å²) < 4.78 is 28.8. The third kappa shape index (κ3) is 3.07. The summed E-state index contributed by atoms with van der Waals surface area (Å²) in [5.41, 5.74) is 8.04. The highest BCUT2D eigenvalue weighted by Crippen LogP contribution is 2.51. The zero-order chi connectivity index (χ0) is 18.4. The molecule has 1 aliphatic heterocycles. The average Bonchev–Trinajstić information content (AvgIpc) is 3.27. The molecule has 2 heterocycles. The summed E-state index contributed by atoms with van der Waals surface area (Å²) in [7, 11) is 0. The Morgan fingerprint density at radius 1 is 1.42 bits per heavy atom. The molecule has 4 nitrogen and oxygen atoms in total. The van der Waals surface area contributed by atoms with Gasteiger partial charge in [-0.05, 0) is 49.0 Å². The molecular formula is C20H23F2N3O. The van der Waals surface area contributed by atoms with Crippen molar-refractivity contribution >= 4 is 11.5 Å². The lowest BCUT2D eigenvalue weighted by atomic mass is 9.90. The van der Waals surface area contributed by atoms with E-state index in [1.54, 1.807) is 19.2 Å². The van der Waals surface area contributed by atoms with Gasteiger partial charge in [-0.3, -0.25) is 9.78 Å². The number of carbonyl (C=O) groups excluding carboxylic acids is 1. The molecule has 4 rings (SSSR count). The summed E-state index contributed by atoms with van der Waals surface area (Å²) in [6, 6.07) is 1.79. The van der Waals surface area contributed by atoms with Crippen LogP contribution in [-0.2, 0) is 4.79 Å². The standard InChI is InChI=1S/C20H23F2N3O/c1-11-7-14(19-17(21)3-2-4-18(19)22)16(9-24-11)13-8-15(13)20(26)25-6-5-12(23)10-25/h2-3,7,9,12-13,15,18H,4-6,8,10,23H2,1H3. The third-order valence-electron chi connectivity index (χ3n) is 5.58. The van der Waals surface area contributed by atoms with E-state index in [0.717, 1.165) is 12.0 Å². The molecule has 0 radical (unpaired) electrons. The minimum atomic E-state index is -1.37. The zero-order valence-electron chi connectivity index (χ0n) is 14.8. The van der Waals surface area contributed by atoms with Gasteiger partial charge in [0.25, 0.3) is 0 Å². The van der Waals surface area contributed by atoms with Crippen LogP contribution in [0.25, 0.3) is 5.57 Å². The fourth-order valence-electron chi connectivity index (χ4n) is 4.08. The third-order valence-corrected chi connectivity index (χ3v) is 5.58. The quantitative estimate of drug-likeness (QED) is 0.902. The molecule has 1 aromatic heterocycles. The second kappa shape index (κ2) is 6.58. The Morgan fingerprint density at radius 2 is 2.23 bits per heavy atom. The summed E-state index contributed by atoms with van der Waals surface area (Å²) in [5.74, 6) is -0.598. The van der Waals surface area contributed by atoms with E-state index in [1.807, 2.05) is 4.90 Å². The smallest absolute Gasteiger partial charge is 0.226 e. The number of hydrogen-bond acceptors (Lipinski definition) is 3. The Kier molecular flexibility index (Phi) is 4.39. The molecule has 6 heteroatoms. The molecule has 26 heavy (non-hydrogen) atoms. The number of alkyl halides is 1. The number of nitrogens with two attached hydrogens (primary N) is 1. The Balaban J connectivity index is 1.63. The lowest BCUT2D eigenvalue weighted by Gasteiger charge is -2.20. The second-order valence-corrected chi connectivity index (χ2v) is 7.56. The normalized spacial score (nSPS) is 30.8. The molecule has 0 spiro atoms. The molecule has 2 aliphatic carbocycles. The van der Waals surface area contributed by atoms with Crippen LogP contribution >= 0.6 is 0 Å². The first-order chi connectivity index (χ1) is 12.5. The lowest BCUT2D eigenvalue weighted by Crippen LogP contribution is -2.33. The lowest BCUT2D eigenvalue weighted by molar-refractivity contribution is -0.131. The van der Waals surface area contributed by atoms with E-state index in [4.69, 9.17) is 5.73 Å². The molecule has 2 N–H and O–H groups in total. The highest BCUT2D eigenvalue weighted by atomic mass is 19.1. The van der Waals surface area contributed by atoms with Gasteiger partial charge in [0.2, 0.25) is 5.91 Å². The summed E-state index contributed by atoms with van der Waals surface area (Å²) in [6.07, 6.45) is 4.85. The number of carbonyl (C=O) groups is 1. The van der Waals surface area contributed by atoms with E-state index >= 15 is 0 Å². The van der Waals surface area contributed by atoms with Crippen LogP contribution in [0.15, 0.2) is 30.2 Å². The molecule has 138 valence electrons. The van der Waals surface area contributed by atoms with Gasteiger partial charge in [-0.1, -0.05) is 6.08 Å². The molecule has 2 fully saturated rings. The van der Waals surface area contributed by atoms with Crippen molar-refractivity contribution < 1.29 is 13.6 Å². The van der Waals surface area contributed by atoms with Gasteiger partial charge in [0.1, 0.15) is 12.0 Å². The number of halogens is 2. The highest BCUT2D eigenvalue weighted by Gasteiger charge is 2.48. The van der Waals surface area contributed by atoms with Gasteiger partial charge in [-0.25, -0.2) is 8.78 Å². The fraction of sp³-hybridized carbons (Fsp3) is 0.500. The predicted molar refractivity (Wildman–Crippen MR) is 95.7 cm³/mol. The number of allylic oxidation sites excluding steroid dienone is 4. The van der Waals surface area contributed by atoms with Crippen molar-refractivity contribution in [2.24, 2.45) is 11.7 Å².